The van der Waals surface area contributed by atoms with Crippen LogP contribution in [0.15, 0.2) is 59.1 Å². The summed E-state index contributed by atoms with van der Waals surface area (Å²) >= 11 is 3.42. The van der Waals surface area contributed by atoms with Gasteiger partial charge in [0, 0.05) is 16.6 Å². The molecule has 3 rings (SSSR count). The Hall–Kier alpha value is -1.45. The fraction of sp³-hybridized carbons (Fsp3) is 0.278. The summed E-state index contributed by atoms with van der Waals surface area (Å²) in [5.41, 5.74) is 2.17. The summed E-state index contributed by atoms with van der Waals surface area (Å²) in [5.74, 6) is 0.756. The van der Waals surface area contributed by atoms with Gasteiger partial charge in [0.15, 0.2) is 5.78 Å². The predicted octanol–water partition coefficient (Wildman–Crippen LogP) is 4.12. The smallest absolute Gasteiger partial charge is 0.176 e. The number of carbonyl (C=O) groups is 1. The van der Waals surface area contributed by atoms with Gasteiger partial charge >= 0.3 is 0 Å². The maximum Gasteiger partial charge on any atom is 0.176 e. The number of likely N-dealkylation sites (tertiary alicyclic amines) is 1. The molecule has 2 aromatic rings. The average molecular weight is 344 g/mol. The van der Waals surface area contributed by atoms with E-state index in [1.54, 1.807) is 0 Å². The van der Waals surface area contributed by atoms with Crippen LogP contribution in [0.3, 0.4) is 0 Å². The first kappa shape index (κ1) is 14.5. The summed E-state index contributed by atoms with van der Waals surface area (Å²) in [6, 6.07) is 18.2. The molecule has 0 spiro atoms. The fourth-order valence-corrected chi connectivity index (χ4v) is 3.33. The zero-order chi connectivity index (χ0) is 14.7. The van der Waals surface area contributed by atoms with Gasteiger partial charge in [-0.25, -0.2) is 0 Å². The topological polar surface area (TPSA) is 20.3 Å². The SMILES string of the molecule is O=C(CN1CCC(c2ccccc2)C1)c1cccc(Br)c1. The van der Waals surface area contributed by atoms with E-state index >= 15 is 0 Å². The van der Waals surface area contributed by atoms with Crippen molar-refractivity contribution in [1.82, 2.24) is 4.90 Å². The van der Waals surface area contributed by atoms with Crippen molar-refractivity contribution >= 4 is 21.7 Å². The molecule has 1 unspecified atom stereocenters. The van der Waals surface area contributed by atoms with Gasteiger partial charge in [-0.2, -0.15) is 0 Å². The van der Waals surface area contributed by atoms with E-state index in [9.17, 15) is 4.79 Å². The lowest BCUT2D eigenvalue weighted by atomic mass is 9.99. The zero-order valence-corrected chi connectivity index (χ0v) is 13.4. The zero-order valence-electron chi connectivity index (χ0n) is 11.8. The molecule has 1 aliphatic heterocycles. The fourth-order valence-electron chi connectivity index (χ4n) is 2.93. The number of halogens is 1. The minimum absolute atomic E-state index is 0.199. The Morgan fingerprint density at radius 2 is 1.95 bits per heavy atom. The first-order valence-corrected chi connectivity index (χ1v) is 8.08. The van der Waals surface area contributed by atoms with Crippen LogP contribution in [0.2, 0.25) is 0 Å². The van der Waals surface area contributed by atoms with Crippen LogP contribution in [0.4, 0.5) is 0 Å². The van der Waals surface area contributed by atoms with Gasteiger partial charge in [-0.1, -0.05) is 58.4 Å². The molecule has 0 aliphatic carbocycles. The first-order valence-electron chi connectivity index (χ1n) is 7.28. The molecule has 1 fully saturated rings. The summed E-state index contributed by atoms with van der Waals surface area (Å²) < 4.78 is 0.955. The number of Topliss-reactive ketones (excluding diaryl/α,β-unsaturated/α-hetero) is 1. The lowest BCUT2D eigenvalue weighted by Crippen LogP contribution is -2.27. The van der Waals surface area contributed by atoms with Gasteiger partial charge in [0.1, 0.15) is 0 Å². The van der Waals surface area contributed by atoms with Crippen molar-refractivity contribution < 1.29 is 4.79 Å². The molecule has 0 radical (unpaired) electrons. The first-order chi connectivity index (χ1) is 10.2. The third-order valence-corrected chi connectivity index (χ3v) is 4.55. The monoisotopic (exact) mass is 343 g/mol. The number of hydrogen-bond acceptors (Lipinski definition) is 2. The van der Waals surface area contributed by atoms with Crippen LogP contribution in [-0.2, 0) is 0 Å². The highest BCUT2D eigenvalue weighted by Crippen LogP contribution is 2.27. The van der Waals surface area contributed by atoms with Crippen LogP contribution >= 0.6 is 15.9 Å². The van der Waals surface area contributed by atoms with Gasteiger partial charge in [-0.3, -0.25) is 9.69 Å². The van der Waals surface area contributed by atoms with E-state index < -0.39 is 0 Å². The van der Waals surface area contributed by atoms with E-state index in [2.05, 4.69) is 45.1 Å². The molecule has 0 aromatic heterocycles. The Labute approximate surface area is 133 Å². The quantitative estimate of drug-likeness (QED) is 0.778. The Bertz CT molecular complexity index is 626. The van der Waals surface area contributed by atoms with Crippen molar-refractivity contribution in [2.45, 2.75) is 12.3 Å². The normalized spacial score (nSPS) is 18.8. The van der Waals surface area contributed by atoms with E-state index in [0.717, 1.165) is 29.5 Å². The molecule has 0 saturated carbocycles. The van der Waals surface area contributed by atoms with Gasteiger partial charge in [0.05, 0.1) is 6.54 Å². The summed E-state index contributed by atoms with van der Waals surface area (Å²) in [7, 11) is 0. The molecule has 3 heteroatoms. The van der Waals surface area contributed by atoms with E-state index in [1.165, 1.54) is 5.56 Å². The number of hydrogen-bond donors (Lipinski definition) is 0. The van der Waals surface area contributed by atoms with E-state index in [1.807, 2.05) is 30.3 Å². The largest absolute Gasteiger partial charge is 0.295 e. The maximum atomic E-state index is 12.3. The van der Waals surface area contributed by atoms with Crippen LogP contribution < -0.4 is 0 Å². The molecule has 108 valence electrons. The molecule has 0 bridgehead atoms. The minimum Gasteiger partial charge on any atom is -0.295 e. The van der Waals surface area contributed by atoms with Crippen LogP contribution in [0.25, 0.3) is 0 Å². The van der Waals surface area contributed by atoms with Crippen LogP contribution in [-0.4, -0.2) is 30.3 Å². The third kappa shape index (κ3) is 3.60. The summed E-state index contributed by atoms with van der Waals surface area (Å²) in [6.45, 7) is 2.49. The summed E-state index contributed by atoms with van der Waals surface area (Å²) in [5, 5.41) is 0. The van der Waals surface area contributed by atoms with Gasteiger partial charge in [-0.15, -0.1) is 0 Å². The highest BCUT2D eigenvalue weighted by molar-refractivity contribution is 9.10. The number of carbonyl (C=O) groups excluding carboxylic acids is 1. The van der Waals surface area contributed by atoms with Gasteiger partial charge in [-0.05, 0) is 36.6 Å². The molecule has 1 heterocycles. The molecule has 0 amide bonds. The van der Waals surface area contributed by atoms with Crippen LogP contribution in [0, 0.1) is 0 Å². The molecule has 2 nitrogen and oxygen atoms in total. The van der Waals surface area contributed by atoms with Crippen molar-refractivity contribution in [3.63, 3.8) is 0 Å². The highest BCUT2D eigenvalue weighted by atomic mass is 79.9. The van der Waals surface area contributed by atoms with Crippen molar-refractivity contribution in [3.8, 4) is 0 Å². The molecule has 1 atom stereocenters. The molecule has 1 aliphatic rings. The van der Waals surface area contributed by atoms with Crippen molar-refractivity contribution in [1.29, 1.82) is 0 Å². The average Bonchev–Trinajstić information content (AvgIpc) is 2.97. The number of benzene rings is 2. The molecule has 1 saturated heterocycles. The minimum atomic E-state index is 0.199. The standard InChI is InChI=1S/C18H18BrNO/c19-17-8-4-7-15(11-17)18(21)13-20-10-9-16(12-20)14-5-2-1-3-6-14/h1-8,11,16H,9-10,12-13H2. The second-order valence-electron chi connectivity index (χ2n) is 5.56. The van der Waals surface area contributed by atoms with Gasteiger partial charge < -0.3 is 0 Å². The Morgan fingerprint density at radius 3 is 2.71 bits per heavy atom. The highest BCUT2D eigenvalue weighted by Gasteiger charge is 2.25. The predicted molar refractivity (Wildman–Crippen MR) is 88.7 cm³/mol. The number of nitrogens with zero attached hydrogens (tertiary/aromatic N) is 1. The lowest BCUT2D eigenvalue weighted by molar-refractivity contribution is 0.0944. The molecule has 2 aromatic carbocycles. The van der Waals surface area contributed by atoms with E-state index in [4.69, 9.17) is 0 Å². The molecular weight excluding hydrogens is 326 g/mol. The van der Waals surface area contributed by atoms with Gasteiger partial charge in [0.25, 0.3) is 0 Å². The summed E-state index contributed by atoms with van der Waals surface area (Å²) in [6.07, 6.45) is 1.13. The van der Waals surface area contributed by atoms with E-state index in [-0.39, 0.29) is 5.78 Å². The Kier molecular flexibility index (Phi) is 4.51. The second-order valence-corrected chi connectivity index (χ2v) is 6.48. The van der Waals surface area contributed by atoms with Crippen LogP contribution in [0.5, 0.6) is 0 Å². The second kappa shape index (κ2) is 6.54. The summed E-state index contributed by atoms with van der Waals surface area (Å²) in [4.78, 5) is 14.6. The van der Waals surface area contributed by atoms with Gasteiger partial charge in [0.2, 0.25) is 0 Å². The number of rotatable bonds is 4. The molecule has 0 N–H and O–H groups in total. The molecular formula is C18H18BrNO. The van der Waals surface area contributed by atoms with Crippen LogP contribution in [0.1, 0.15) is 28.3 Å². The molecule has 21 heavy (non-hydrogen) atoms. The maximum absolute atomic E-state index is 12.3. The van der Waals surface area contributed by atoms with Crippen molar-refractivity contribution in [3.05, 3.63) is 70.2 Å². The van der Waals surface area contributed by atoms with Crippen molar-refractivity contribution in [2.24, 2.45) is 0 Å². The van der Waals surface area contributed by atoms with E-state index in [0.29, 0.717) is 12.5 Å². The Balaban J connectivity index is 1.61. The third-order valence-electron chi connectivity index (χ3n) is 4.06. The van der Waals surface area contributed by atoms with Crippen molar-refractivity contribution in [2.75, 3.05) is 19.6 Å². The Morgan fingerprint density at radius 1 is 1.14 bits per heavy atom. The lowest BCUT2D eigenvalue weighted by Gasteiger charge is -2.15. The number of ketones is 1.